The molecule has 0 spiro atoms. The highest BCUT2D eigenvalue weighted by Crippen LogP contribution is 2.20. The van der Waals surface area contributed by atoms with Crippen LogP contribution in [0.5, 0.6) is 0 Å². The van der Waals surface area contributed by atoms with Crippen molar-refractivity contribution in [2.24, 2.45) is 0 Å². The van der Waals surface area contributed by atoms with Gasteiger partial charge in [0.15, 0.2) is 0 Å². The fourth-order valence-electron chi connectivity index (χ4n) is 2.00. The minimum atomic E-state index is 0.0153. The summed E-state index contributed by atoms with van der Waals surface area (Å²) in [4.78, 5) is 11.4. The predicted molar refractivity (Wildman–Crippen MR) is 68.8 cm³/mol. The molecule has 17 heavy (non-hydrogen) atoms. The lowest BCUT2D eigenvalue weighted by Gasteiger charge is -2.06. The van der Waals surface area contributed by atoms with Crippen molar-refractivity contribution >= 4 is 16.8 Å². The number of hydrogen-bond donors (Lipinski definition) is 2. The number of aromatic nitrogens is 1. The standard InChI is InChI=1S/C13H17N3O/c1-14-8-10-4-3-5-12-11(10)6-7-16(12)9-13(17)15-2/h3-7,14H,8-9H2,1-2H3,(H,15,17). The number of nitrogens with one attached hydrogen (secondary N) is 2. The summed E-state index contributed by atoms with van der Waals surface area (Å²) in [5.74, 6) is 0.0153. The molecule has 1 heterocycles. The largest absolute Gasteiger partial charge is 0.358 e. The van der Waals surface area contributed by atoms with Crippen LogP contribution < -0.4 is 10.6 Å². The van der Waals surface area contributed by atoms with Gasteiger partial charge in [-0.15, -0.1) is 0 Å². The normalized spacial score (nSPS) is 10.7. The summed E-state index contributed by atoms with van der Waals surface area (Å²) >= 11 is 0. The van der Waals surface area contributed by atoms with Crippen molar-refractivity contribution < 1.29 is 4.79 Å². The Morgan fingerprint density at radius 2 is 2.12 bits per heavy atom. The zero-order valence-electron chi connectivity index (χ0n) is 10.2. The first-order valence-electron chi connectivity index (χ1n) is 5.68. The van der Waals surface area contributed by atoms with Crippen LogP contribution >= 0.6 is 0 Å². The highest BCUT2D eigenvalue weighted by atomic mass is 16.1. The molecule has 0 saturated carbocycles. The third kappa shape index (κ3) is 2.31. The minimum absolute atomic E-state index is 0.0153. The van der Waals surface area contributed by atoms with Gasteiger partial charge < -0.3 is 15.2 Å². The second-order valence-corrected chi connectivity index (χ2v) is 4.00. The lowest BCUT2D eigenvalue weighted by atomic mass is 10.1. The van der Waals surface area contributed by atoms with Gasteiger partial charge in [-0.25, -0.2) is 0 Å². The highest BCUT2D eigenvalue weighted by Gasteiger charge is 2.07. The van der Waals surface area contributed by atoms with Gasteiger partial charge in [-0.2, -0.15) is 0 Å². The molecule has 0 bridgehead atoms. The maximum absolute atomic E-state index is 11.4. The Morgan fingerprint density at radius 1 is 1.29 bits per heavy atom. The van der Waals surface area contributed by atoms with Crippen LogP contribution in [0.4, 0.5) is 0 Å². The first-order chi connectivity index (χ1) is 8.26. The zero-order chi connectivity index (χ0) is 12.3. The van der Waals surface area contributed by atoms with Crippen LogP contribution in [0.2, 0.25) is 0 Å². The summed E-state index contributed by atoms with van der Waals surface area (Å²) in [6.45, 7) is 1.20. The molecule has 1 aromatic carbocycles. The van der Waals surface area contributed by atoms with Gasteiger partial charge >= 0.3 is 0 Å². The van der Waals surface area contributed by atoms with E-state index in [4.69, 9.17) is 0 Å². The molecule has 0 aliphatic rings. The van der Waals surface area contributed by atoms with Crippen molar-refractivity contribution in [3.05, 3.63) is 36.0 Å². The minimum Gasteiger partial charge on any atom is -0.358 e. The number of nitrogens with zero attached hydrogens (tertiary/aromatic N) is 1. The van der Waals surface area contributed by atoms with Gasteiger partial charge in [-0.3, -0.25) is 4.79 Å². The van der Waals surface area contributed by atoms with E-state index in [9.17, 15) is 4.79 Å². The van der Waals surface area contributed by atoms with Crippen molar-refractivity contribution in [2.75, 3.05) is 14.1 Å². The van der Waals surface area contributed by atoms with Gasteiger partial charge in [-0.05, 0) is 24.7 Å². The molecule has 2 N–H and O–H groups in total. The van der Waals surface area contributed by atoms with E-state index in [2.05, 4.69) is 22.8 Å². The second-order valence-electron chi connectivity index (χ2n) is 4.00. The Balaban J connectivity index is 2.40. The maximum Gasteiger partial charge on any atom is 0.239 e. The number of carbonyl (C=O) groups is 1. The molecule has 2 aromatic rings. The van der Waals surface area contributed by atoms with E-state index in [0.29, 0.717) is 6.54 Å². The van der Waals surface area contributed by atoms with E-state index in [1.165, 1.54) is 10.9 Å². The molecule has 4 nitrogen and oxygen atoms in total. The summed E-state index contributed by atoms with van der Waals surface area (Å²) in [5.41, 5.74) is 2.35. The van der Waals surface area contributed by atoms with Crippen molar-refractivity contribution in [2.45, 2.75) is 13.1 Å². The van der Waals surface area contributed by atoms with Crippen molar-refractivity contribution in [3.63, 3.8) is 0 Å². The molecule has 0 saturated heterocycles. The van der Waals surface area contributed by atoms with Gasteiger partial charge in [0.1, 0.15) is 6.54 Å². The molecule has 1 amide bonds. The van der Waals surface area contributed by atoms with Crippen LogP contribution in [0.3, 0.4) is 0 Å². The Labute approximate surface area is 101 Å². The number of likely N-dealkylation sites (N-methyl/N-ethyl adjacent to an activating group) is 1. The van der Waals surface area contributed by atoms with Crippen LogP contribution in [0, 0.1) is 0 Å². The Morgan fingerprint density at radius 3 is 2.82 bits per heavy atom. The van der Waals surface area contributed by atoms with Crippen LogP contribution in [0.25, 0.3) is 10.9 Å². The van der Waals surface area contributed by atoms with Crippen LogP contribution in [-0.4, -0.2) is 24.6 Å². The van der Waals surface area contributed by atoms with Gasteiger partial charge in [0, 0.05) is 30.7 Å². The molecule has 0 atom stereocenters. The first kappa shape index (κ1) is 11.7. The van der Waals surface area contributed by atoms with E-state index in [0.717, 1.165) is 12.1 Å². The molecule has 0 aliphatic carbocycles. The summed E-state index contributed by atoms with van der Waals surface area (Å²) in [7, 11) is 3.58. The number of benzene rings is 1. The van der Waals surface area contributed by atoms with Crippen LogP contribution in [-0.2, 0) is 17.9 Å². The van der Waals surface area contributed by atoms with Crippen molar-refractivity contribution in [3.8, 4) is 0 Å². The molecule has 0 fully saturated rings. The number of rotatable bonds is 4. The van der Waals surface area contributed by atoms with Gasteiger partial charge in [-0.1, -0.05) is 12.1 Å². The molecule has 1 aromatic heterocycles. The Bertz CT molecular complexity index is 530. The smallest absolute Gasteiger partial charge is 0.239 e. The monoisotopic (exact) mass is 231 g/mol. The van der Waals surface area contributed by atoms with E-state index in [-0.39, 0.29) is 5.91 Å². The molecule has 4 heteroatoms. The molecule has 2 rings (SSSR count). The molecular formula is C13H17N3O. The fourth-order valence-corrected chi connectivity index (χ4v) is 2.00. The molecule has 90 valence electrons. The van der Waals surface area contributed by atoms with E-state index >= 15 is 0 Å². The summed E-state index contributed by atoms with van der Waals surface area (Å²) in [5, 5.41) is 6.98. The Kier molecular flexibility index (Phi) is 3.44. The van der Waals surface area contributed by atoms with Gasteiger partial charge in [0.25, 0.3) is 0 Å². The summed E-state index contributed by atoms with van der Waals surface area (Å²) in [6, 6.07) is 8.22. The van der Waals surface area contributed by atoms with E-state index < -0.39 is 0 Å². The second kappa shape index (κ2) is 5.01. The summed E-state index contributed by atoms with van der Waals surface area (Å²) in [6.07, 6.45) is 1.96. The quantitative estimate of drug-likeness (QED) is 0.828. The first-order valence-corrected chi connectivity index (χ1v) is 5.68. The highest BCUT2D eigenvalue weighted by molar-refractivity contribution is 5.85. The molecule has 0 radical (unpaired) electrons. The summed E-state index contributed by atoms with van der Waals surface area (Å²) < 4.78 is 1.97. The molecule has 0 unspecified atom stereocenters. The number of carbonyl (C=O) groups excluding carboxylic acids is 1. The third-order valence-corrected chi connectivity index (χ3v) is 2.86. The SMILES string of the molecule is CNCc1cccc2c1ccn2CC(=O)NC. The topological polar surface area (TPSA) is 46.1 Å². The number of hydrogen-bond acceptors (Lipinski definition) is 2. The average molecular weight is 231 g/mol. The van der Waals surface area contributed by atoms with Crippen molar-refractivity contribution in [1.29, 1.82) is 0 Å². The van der Waals surface area contributed by atoms with E-state index in [1.807, 2.05) is 29.9 Å². The lowest BCUT2D eigenvalue weighted by Crippen LogP contribution is -2.22. The van der Waals surface area contributed by atoms with Crippen LogP contribution in [0.1, 0.15) is 5.56 Å². The van der Waals surface area contributed by atoms with Gasteiger partial charge in [0.05, 0.1) is 0 Å². The lowest BCUT2D eigenvalue weighted by molar-refractivity contribution is -0.121. The van der Waals surface area contributed by atoms with E-state index in [1.54, 1.807) is 7.05 Å². The third-order valence-electron chi connectivity index (χ3n) is 2.86. The predicted octanol–water partition coefficient (Wildman–Crippen LogP) is 1.11. The van der Waals surface area contributed by atoms with Crippen molar-refractivity contribution in [1.82, 2.24) is 15.2 Å². The molecular weight excluding hydrogens is 214 g/mol. The average Bonchev–Trinajstić information content (AvgIpc) is 2.74. The van der Waals surface area contributed by atoms with Gasteiger partial charge in [0.2, 0.25) is 5.91 Å². The molecule has 0 aliphatic heterocycles. The number of amides is 1. The van der Waals surface area contributed by atoms with Crippen LogP contribution in [0.15, 0.2) is 30.5 Å². The Hall–Kier alpha value is -1.81. The fraction of sp³-hybridized carbons (Fsp3) is 0.308. The number of fused-ring (bicyclic) bond motifs is 1. The zero-order valence-corrected chi connectivity index (χ0v) is 10.2. The maximum atomic E-state index is 11.4.